The van der Waals surface area contributed by atoms with Gasteiger partial charge < -0.3 is 14.4 Å². The van der Waals surface area contributed by atoms with Gasteiger partial charge >= 0.3 is 5.97 Å². The summed E-state index contributed by atoms with van der Waals surface area (Å²) in [5.41, 5.74) is 1.83. The van der Waals surface area contributed by atoms with Crippen LogP contribution >= 0.6 is 0 Å². The number of ether oxygens (including phenoxy) is 2. The quantitative estimate of drug-likeness (QED) is 0.303. The smallest absolute Gasteiger partial charge is 0.339 e. The maximum Gasteiger partial charge on any atom is 0.339 e. The number of carbonyl (C=O) groups is 2. The third-order valence-corrected chi connectivity index (χ3v) is 14.4. The van der Waals surface area contributed by atoms with Crippen LogP contribution in [0.3, 0.4) is 0 Å². The number of hydrogen-bond acceptors (Lipinski definition) is 5. The van der Waals surface area contributed by atoms with Gasteiger partial charge in [-0.15, -0.1) is 0 Å². The number of esters is 1. The van der Waals surface area contributed by atoms with E-state index >= 15 is 0 Å². The van der Waals surface area contributed by atoms with Crippen molar-refractivity contribution in [3.63, 3.8) is 0 Å². The Morgan fingerprint density at radius 2 is 1.86 bits per heavy atom. The number of nitrogens with zero attached hydrogens (tertiary/aromatic N) is 2. The summed E-state index contributed by atoms with van der Waals surface area (Å²) in [4.78, 5) is 31.5. The Balaban J connectivity index is 0.00000343. The number of pyridine rings is 1. The molecule has 1 aromatic heterocycles. The molecule has 238 valence electrons. The molecule has 2 heterocycles. The Bertz CT molecular complexity index is 1240. The van der Waals surface area contributed by atoms with Crippen LogP contribution in [0.15, 0.2) is 24.5 Å². The second-order valence-corrected chi connectivity index (χ2v) is 16.4. The molecule has 5 aliphatic carbocycles. The molecule has 6 nitrogen and oxygen atoms in total. The molecule has 0 aromatic carbocycles. The standard InChI is InChI=1S/C37H54N2O4.H2/c1-6-7-19-39(24(2)40)22-26-10-11-28-30(42-26)20-29-27-12-13-31-34(3,4)32(43-33(41)25-9-8-18-38-21-25)14-15-37(31)23-36(27,37)17-16-35(28,29)5;/h8-9,18,21,26-32H,6-7,10-17,19-20,22-23H2,1-5H3;1H/t26?,27?,28?,29?,30?,31?,32-,35?,36-,37+;/m0./s1. The lowest BCUT2D eigenvalue weighted by atomic mass is 9.46. The first-order valence-electron chi connectivity index (χ1n) is 17.6. The van der Waals surface area contributed by atoms with Gasteiger partial charge in [0.1, 0.15) is 6.10 Å². The SMILES string of the molecule is CCCCN(CC1CCC2C(CC3C4CCC5C(C)(C)[C@@H](OC(=O)c6cccnc6)CC[C@@]56C[C@@]46CCC23C)O1)C(C)=O.[HH]. The normalized spacial score (nSPS) is 43.7. The zero-order valence-corrected chi connectivity index (χ0v) is 27.3. The van der Waals surface area contributed by atoms with Crippen LogP contribution in [0.25, 0.3) is 0 Å². The van der Waals surface area contributed by atoms with E-state index < -0.39 is 0 Å². The highest BCUT2D eigenvalue weighted by molar-refractivity contribution is 5.89. The van der Waals surface area contributed by atoms with Gasteiger partial charge in [0, 0.05) is 39.2 Å². The fraction of sp³-hybridized carbons (Fsp3) is 0.811. The molecule has 7 rings (SSSR count). The van der Waals surface area contributed by atoms with Crippen LogP contribution in [0.1, 0.15) is 123 Å². The van der Waals surface area contributed by atoms with Crippen molar-refractivity contribution in [2.24, 2.45) is 45.3 Å². The molecule has 2 spiro atoms. The van der Waals surface area contributed by atoms with Crippen molar-refractivity contribution < 1.29 is 20.5 Å². The first-order valence-corrected chi connectivity index (χ1v) is 17.6. The molecule has 6 aliphatic rings. The first kappa shape index (κ1) is 29.7. The Morgan fingerprint density at radius 3 is 2.60 bits per heavy atom. The first-order chi connectivity index (χ1) is 20.6. The van der Waals surface area contributed by atoms with Crippen molar-refractivity contribution in [1.29, 1.82) is 0 Å². The van der Waals surface area contributed by atoms with Gasteiger partial charge in [-0.3, -0.25) is 9.78 Å². The average Bonchev–Trinajstić information content (AvgIpc) is 3.57. The van der Waals surface area contributed by atoms with E-state index in [4.69, 9.17) is 9.47 Å². The highest BCUT2D eigenvalue weighted by atomic mass is 16.5. The van der Waals surface area contributed by atoms with Crippen molar-refractivity contribution in [1.82, 2.24) is 9.88 Å². The van der Waals surface area contributed by atoms with Gasteiger partial charge in [-0.1, -0.05) is 34.1 Å². The molecule has 1 aliphatic heterocycles. The van der Waals surface area contributed by atoms with E-state index in [1.54, 1.807) is 19.3 Å². The number of fused-ring (bicyclic) bond motifs is 4. The van der Waals surface area contributed by atoms with E-state index in [0.29, 0.717) is 39.7 Å². The van der Waals surface area contributed by atoms with Gasteiger partial charge in [0.2, 0.25) is 5.91 Å². The van der Waals surface area contributed by atoms with Crippen LogP contribution in [0.2, 0.25) is 0 Å². The highest BCUT2D eigenvalue weighted by Gasteiger charge is 2.80. The third kappa shape index (κ3) is 4.46. The molecule has 1 amide bonds. The van der Waals surface area contributed by atoms with E-state index in [9.17, 15) is 9.59 Å². The number of rotatable bonds is 7. The van der Waals surface area contributed by atoms with Gasteiger partial charge in [-0.2, -0.15) is 0 Å². The summed E-state index contributed by atoms with van der Waals surface area (Å²) in [7, 11) is 0. The highest BCUT2D eigenvalue weighted by Crippen LogP contribution is 2.87. The molecular weight excluding hydrogens is 536 g/mol. The lowest BCUT2D eigenvalue weighted by molar-refractivity contribution is -0.140. The molecular formula is C37H56N2O4. The van der Waals surface area contributed by atoms with Crippen molar-refractivity contribution in [3.8, 4) is 0 Å². The molecule has 1 saturated heterocycles. The molecule has 43 heavy (non-hydrogen) atoms. The van der Waals surface area contributed by atoms with E-state index in [1.165, 1.54) is 51.4 Å². The van der Waals surface area contributed by atoms with E-state index in [2.05, 4.69) is 32.7 Å². The van der Waals surface area contributed by atoms with Gasteiger partial charge in [0.15, 0.2) is 0 Å². The van der Waals surface area contributed by atoms with E-state index in [-0.39, 0.29) is 30.9 Å². The Hall–Kier alpha value is -1.95. The molecule has 5 saturated carbocycles. The minimum absolute atomic E-state index is 0. The summed E-state index contributed by atoms with van der Waals surface area (Å²) in [6.45, 7) is 12.9. The maximum atomic E-state index is 13.0. The predicted molar refractivity (Wildman–Crippen MR) is 168 cm³/mol. The van der Waals surface area contributed by atoms with Crippen LogP contribution < -0.4 is 0 Å². The van der Waals surface area contributed by atoms with Gasteiger partial charge in [-0.05, 0) is 123 Å². The van der Waals surface area contributed by atoms with Gasteiger partial charge in [0.05, 0.1) is 17.8 Å². The molecule has 10 atom stereocenters. The lowest BCUT2D eigenvalue weighted by Gasteiger charge is -2.59. The topological polar surface area (TPSA) is 68.7 Å². The number of carbonyl (C=O) groups excluding carboxylic acids is 2. The predicted octanol–water partition coefficient (Wildman–Crippen LogP) is 7.71. The van der Waals surface area contributed by atoms with Crippen LogP contribution in [0, 0.1) is 45.3 Å². The summed E-state index contributed by atoms with van der Waals surface area (Å²) >= 11 is 0. The number of hydrogen-bond donors (Lipinski definition) is 0. The minimum atomic E-state index is -0.224. The Kier molecular flexibility index (Phi) is 7.30. The molecule has 6 heteroatoms. The second kappa shape index (κ2) is 10.6. The average molecular weight is 593 g/mol. The lowest BCUT2D eigenvalue weighted by Crippen LogP contribution is -2.55. The molecule has 1 aromatic rings. The van der Waals surface area contributed by atoms with Crippen molar-refractivity contribution in [2.75, 3.05) is 13.1 Å². The van der Waals surface area contributed by atoms with Gasteiger partial charge in [0.25, 0.3) is 0 Å². The Morgan fingerprint density at radius 1 is 1.05 bits per heavy atom. The van der Waals surface area contributed by atoms with Crippen molar-refractivity contribution >= 4 is 11.9 Å². The molecule has 0 radical (unpaired) electrons. The van der Waals surface area contributed by atoms with E-state index in [0.717, 1.165) is 50.6 Å². The monoisotopic (exact) mass is 592 g/mol. The zero-order valence-electron chi connectivity index (χ0n) is 27.3. The van der Waals surface area contributed by atoms with Crippen LogP contribution in [-0.4, -0.2) is 53.2 Å². The maximum absolute atomic E-state index is 13.0. The van der Waals surface area contributed by atoms with E-state index in [1.807, 2.05) is 17.0 Å². The third-order valence-electron chi connectivity index (χ3n) is 14.4. The summed E-state index contributed by atoms with van der Waals surface area (Å²) in [6, 6.07) is 3.62. The number of aromatic nitrogens is 1. The summed E-state index contributed by atoms with van der Waals surface area (Å²) < 4.78 is 13.2. The fourth-order valence-electron chi connectivity index (χ4n) is 12.3. The van der Waals surface area contributed by atoms with Crippen LogP contribution in [0.5, 0.6) is 0 Å². The molecule has 0 bridgehead atoms. The summed E-state index contributed by atoms with van der Waals surface area (Å²) in [6.07, 6.45) is 18.4. The zero-order chi connectivity index (χ0) is 30.2. The summed E-state index contributed by atoms with van der Waals surface area (Å²) in [5.74, 6) is 2.80. The fourth-order valence-corrected chi connectivity index (χ4v) is 12.3. The second-order valence-electron chi connectivity index (χ2n) is 16.4. The molecule has 7 unspecified atom stereocenters. The molecule has 0 N–H and O–H groups in total. The number of unbranched alkanes of at least 4 members (excludes halogenated alkanes) is 1. The van der Waals surface area contributed by atoms with Crippen molar-refractivity contribution in [2.45, 2.75) is 130 Å². The van der Waals surface area contributed by atoms with Gasteiger partial charge in [-0.25, -0.2) is 4.79 Å². The Labute approximate surface area is 260 Å². The van der Waals surface area contributed by atoms with Crippen LogP contribution in [0.4, 0.5) is 0 Å². The number of amides is 1. The summed E-state index contributed by atoms with van der Waals surface area (Å²) in [5, 5.41) is 0. The minimum Gasteiger partial charge on any atom is -0.458 e. The van der Waals surface area contributed by atoms with Crippen molar-refractivity contribution in [3.05, 3.63) is 30.1 Å². The van der Waals surface area contributed by atoms with Crippen LogP contribution in [-0.2, 0) is 14.3 Å². The molecule has 6 fully saturated rings. The largest absolute Gasteiger partial charge is 0.458 e.